The van der Waals surface area contributed by atoms with Crippen LogP contribution in [0, 0.1) is 5.92 Å². The zero-order valence-corrected chi connectivity index (χ0v) is 16.6. The van der Waals surface area contributed by atoms with Crippen molar-refractivity contribution in [3.8, 4) is 11.5 Å². The molecule has 8 heteroatoms. The number of ether oxygens (including phenoxy) is 3. The monoisotopic (exact) mass is 400 g/mol. The van der Waals surface area contributed by atoms with Crippen molar-refractivity contribution in [2.45, 2.75) is 32.1 Å². The highest BCUT2D eigenvalue weighted by molar-refractivity contribution is 5.91. The highest BCUT2D eigenvalue weighted by atomic mass is 16.7. The van der Waals surface area contributed by atoms with Gasteiger partial charge in [-0.2, -0.15) is 0 Å². The number of likely N-dealkylation sites (tertiary alicyclic amines) is 1. The molecule has 1 amide bonds. The van der Waals surface area contributed by atoms with Gasteiger partial charge in [-0.15, -0.1) is 0 Å². The molecule has 1 unspecified atom stereocenters. The minimum atomic E-state index is -0.212. The lowest BCUT2D eigenvalue weighted by Gasteiger charge is -2.29. The Balaban J connectivity index is 1.36. The van der Waals surface area contributed by atoms with Crippen LogP contribution in [0.1, 0.15) is 47.5 Å². The Morgan fingerprint density at radius 3 is 2.72 bits per heavy atom. The van der Waals surface area contributed by atoms with Crippen LogP contribution in [0.4, 0.5) is 0 Å². The molecule has 4 rings (SSSR count). The lowest BCUT2D eigenvalue weighted by molar-refractivity contribution is -0.146. The van der Waals surface area contributed by atoms with Crippen LogP contribution in [0.2, 0.25) is 0 Å². The average molecular weight is 400 g/mol. The molecule has 29 heavy (non-hydrogen) atoms. The third-order valence-corrected chi connectivity index (χ3v) is 5.54. The van der Waals surface area contributed by atoms with Gasteiger partial charge in [-0.3, -0.25) is 9.59 Å². The Labute approximate surface area is 168 Å². The van der Waals surface area contributed by atoms with E-state index >= 15 is 0 Å². The normalized spacial score (nSPS) is 17.2. The van der Waals surface area contributed by atoms with Crippen molar-refractivity contribution >= 4 is 11.9 Å². The quantitative estimate of drug-likeness (QED) is 0.713. The van der Waals surface area contributed by atoms with E-state index in [2.05, 4.69) is 5.16 Å². The number of esters is 1. The molecule has 1 fully saturated rings. The predicted octanol–water partition coefficient (Wildman–Crippen LogP) is 2.77. The maximum atomic E-state index is 12.7. The van der Waals surface area contributed by atoms with Crippen LogP contribution < -0.4 is 9.47 Å². The number of carbonyl (C=O) groups excluding carboxylic acids is 2. The molecular weight excluding hydrogens is 376 g/mol. The Hall–Kier alpha value is -3.03. The van der Waals surface area contributed by atoms with Crippen LogP contribution in [0.3, 0.4) is 0 Å². The van der Waals surface area contributed by atoms with Gasteiger partial charge in [0.2, 0.25) is 12.6 Å². The van der Waals surface area contributed by atoms with Crippen molar-refractivity contribution in [2.75, 3.05) is 27.0 Å². The van der Waals surface area contributed by atoms with Gasteiger partial charge in [0, 0.05) is 25.1 Å². The lowest BCUT2D eigenvalue weighted by atomic mass is 9.96. The number of rotatable bonds is 5. The molecule has 1 aromatic heterocycles. The molecule has 154 valence electrons. The first kappa shape index (κ1) is 19.3. The fourth-order valence-electron chi connectivity index (χ4n) is 3.79. The first-order valence-corrected chi connectivity index (χ1v) is 9.77. The van der Waals surface area contributed by atoms with Crippen molar-refractivity contribution in [3.05, 3.63) is 41.3 Å². The molecule has 3 heterocycles. The maximum Gasteiger partial charge on any atom is 0.308 e. The molecule has 1 aromatic carbocycles. The SMILES string of the molecule is COC(=O)C1CCN(C(=O)c2cc(C(C)Cc3ccc4c(c3)OCO4)no2)CC1. The number of carbonyl (C=O) groups is 2. The Morgan fingerprint density at radius 2 is 1.97 bits per heavy atom. The number of nitrogens with zero attached hydrogens (tertiary/aromatic N) is 2. The topological polar surface area (TPSA) is 91.1 Å². The molecule has 0 N–H and O–H groups in total. The van der Waals surface area contributed by atoms with E-state index in [-0.39, 0.29) is 36.3 Å². The third kappa shape index (κ3) is 4.06. The number of fused-ring (bicyclic) bond motifs is 1. The molecule has 0 radical (unpaired) electrons. The number of benzene rings is 1. The van der Waals surface area contributed by atoms with Crippen LogP contribution in [-0.4, -0.2) is 48.9 Å². The van der Waals surface area contributed by atoms with Crippen LogP contribution in [0.25, 0.3) is 0 Å². The van der Waals surface area contributed by atoms with Gasteiger partial charge in [-0.05, 0) is 37.0 Å². The minimum absolute atomic E-state index is 0.0748. The van der Waals surface area contributed by atoms with Gasteiger partial charge in [0.05, 0.1) is 18.7 Å². The fourth-order valence-corrected chi connectivity index (χ4v) is 3.79. The molecule has 2 aromatic rings. The van der Waals surface area contributed by atoms with Crippen LogP contribution in [0.15, 0.2) is 28.8 Å². The second-order valence-electron chi connectivity index (χ2n) is 7.50. The summed E-state index contributed by atoms with van der Waals surface area (Å²) in [6.07, 6.45) is 1.93. The zero-order chi connectivity index (χ0) is 20.4. The Bertz CT molecular complexity index is 900. The standard InChI is InChI=1S/C21H24N2O6/c1-13(9-14-3-4-17-18(10-14)28-12-27-17)16-11-19(29-22-16)20(24)23-7-5-15(6-8-23)21(25)26-2/h3-4,10-11,13,15H,5-9,12H2,1-2H3. The molecule has 1 atom stereocenters. The number of piperidine rings is 1. The summed E-state index contributed by atoms with van der Waals surface area (Å²) in [5, 5.41) is 4.10. The summed E-state index contributed by atoms with van der Waals surface area (Å²) < 4.78 is 20.9. The summed E-state index contributed by atoms with van der Waals surface area (Å²) in [6.45, 7) is 3.29. The first-order chi connectivity index (χ1) is 14.0. The van der Waals surface area contributed by atoms with E-state index < -0.39 is 0 Å². The molecule has 2 aliphatic rings. The first-order valence-electron chi connectivity index (χ1n) is 9.77. The molecule has 0 saturated carbocycles. The Morgan fingerprint density at radius 1 is 1.21 bits per heavy atom. The van der Waals surface area contributed by atoms with Crippen molar-refractivity contribution < 1.29 is 28.3 Å². The van der Waals surface area contributed by atoms with Gasteiger partial charge in [0.1, 0.15) is 0 Å². The number of aromatic nitrogens is 1. The molecule has 0 spiro atoms. The smallest absolute Gasteiger partial charge is 0.308 e. The van der Waals surface area contributed by atoms with Crippen molar-refractivity contribution in [2.24, 2.45) is 5.92 Å². The summed E-state index contributed by atoms with van der Waals surface area (Å²) in [5.74, 6) is 1.27. The van der Waals surface area contributed by atoms with Gasteiger partial charge in [-0.25, -0.2) is 0 Å². The third-order valence-electron chi connectivity index (χ3n) is 5.54. The maximum absolute atomic E-state index is 12.7. The van der Waals surface area contributed by atoms with E-state index in [4.69, 9.17) is 18.7 Å². The van der Waals surface area contributed by atoms with Crippen LogP contribution >= 0.6 is 0 Å². The summed E-state index contributed by atoms with van der Waals surface area (Å²) in [7, 11) is 1.39. The van der Waals surface area contributed by atoms with E-state index in [1.54, 1.807) is 11.0 Å². The zero-order valence-electron chi connectivity index (χ0n) is 16.6. The van der Waals surface area contributed by atoms with Crippen molar-refractivity contribution in [1.29, 1.82) is 0 Å². The molecule has 1 saturated heterocycles. The summed E-state index contributed by atoms with van der Waals surface area (Å²) in [6, 6.07) is 7.59. The largest absolute Gasteiger partial charge is 0.469 e. The number of amides is 1. The fraction of sp³-hybridized carbons (Fsp3) is 0.476. The average Bonchev–Trinajstić information content (AvgIpc) is 3.42. The molecule has 0 bridgehead atoms. The molecule has 2 aliphatic heterocycles. The van der Waals surface area contributed by atoms with Crippen molar-refractivity contribution in [1.82, 2.24) is 10.1 Å². The highest BCUT2D eigenvalue weighted by Gasteiger charge is 2.30. The lowest BCUT2D eigenvalue weighted by Crippen LogP contribution is -2.40. The van der Waals surface area contributed by atoms with E-state index in [1.807, 2.05) is 25.1 Å². The van der Waals surface area contributed by atoms with Crippen molar-refractivity contribution in [3.63, 3.8) is 0 Å². The van der Waals surface area contributed by atoms with Gasteiger partial charge >= 0.3 is 5.97 Å². The Kier molecular flexibility index (Phi) is 5.42. The van der Waals surface area contributed by atoms with Crippen LogP contribution in [-0.2, 0) is 16.0 Å². The van der Waals surface area contributed by atoms with E-state index in [0.29, 0.717) is 25.9 Å². The molecular formula is C21H24N2O6. The van der Waals surface area contributed by atoms with Gasteiger partial charge in [-0.1, -0.05) is 18.1 Å². The van der Waals surface area contributed by atoms with E-state index in [1.165, 1.54) is 7.11 Å². The van der Waals surface area contributed by atoms with Crippen LogP contribution in [0.5, 0.6) is 11.5 Å². The number of hydrogen-bond acceptors (Lipinski definition) is 7. The summed E-state index contributed by atoms with van der Waals surface area (Å²) in [5.41, 5.74) is 1.83. The minimum Gasteiger partial charge on any atom is -0.469 e. The van der Waals surface area contributed by atoms with E-state index in [0.717, 1.165) is 29.2 Å². The highest BCUT2D eigenvalue weighted by Crippen LogP contribution is 2.34. The summed E-state index contributed by atoms with van der Waals surface area (Å²) >= 11 is 0. The number of hydrogen-bond donors (Lipinski definition) is 0. The van der Waals surface area contributed by atoms with Gasteiger partial charge in [0.15, 0.2) is 11.5 Å². The molecule has 0 aliphatic carbocycles. The van der Waals surface area contributed by atoms with Gasteiger partial charge in [0.25, 0.3) is 5.91 Å². The van der Waals surface area contributed by atoms with Gasteiger partial charge < -0.3 is 23.6 Å². The molecule has 8 nitrogen and oxygen atoms in total. The summed E-state index contributed by atoms with van der Waals surface area (Å²) in [4.78, 5) is 26.0. The second-order valence-corrected chi connectivity index (χ2v) is 7.50. The predicted molar refractivity (Wildman–Crippen MR) is 102 cm³/mol. The van der Waals surface area contributed by atoms with E-state index in [9.17, 15) is 9.59 Å². The number of methoxy groups -OCH3 is 1. The second kappa shape index (κ2) is 8.14.